The average Bonchev–Trinajstić information content (AvgIpc) is 2.29. The maximum Gasteiger partial charge on any atom is 0.165 e. The van der Waals surface area contributed by atoms with Gasteiger partial charge < -0.3 is 0 Å². The van der Waals surface area contributed by atoms with Crippen molar-refractivity contribution in [2.45, 2.75) is 26.3 Å². The molecule has 1 unspecified atom stereocenters. The number of rotatable bonds is 0. The summed E-state index contributed by atoms with van der Waals surface area (Å²) in [6.45, 7) is 7.20. The molecule has 0 saturated carbocycles. The minimum atomic E-state index is -0.399. The zero-order valence-corrected chi connectivity index (χ0v) is 7.79. The summed E-state index contributed by atoms with van der Waals surface area (Å²) in [7, 11) is 0. The number of ketones is 1. The van der Waals surface area contributed by atoms with Crippen LogP contribution in [0.25, 0.3) is 0 Å². The van der Waals surface area contributed by atoms with Gasteiger partial charge in [0, 0.05) is 12.1 Å². The lowest BCUT2D eigenvalue weighted by molar-refractivity contribution is -0.118. The van der Waals surface area contributed by atoms with E-state index in [4.69, 9.17) is 5.26 Å². The molecule has 1 atom stereocenters. The number of nitrogens with zero attached hydrogens (tertiary/aromatic N) is 2. The van der Waals surface area contributed by atoms with Crippen LogP contribution in [0, 0.1) is 17.2 Å². The number of hydrogen-bond acceptors (Lipinski definition) is 3. The first-order valence-corrected chi connectivity index (χ1v) is 4.12. The van der Waals surface area contributed by atoms with Crippen molar-refractivity contribution in [3.63, 3.8) is 0 Å². The lowest BCUT2D eigenvalue weighted by atomic mass is 10.1. The first-order valence-electron chi connectivity index (χ1n) is 4.12. The Bertz CT molecular complexity index is 234. The van der Waals surface area contributed by atoms with Crippen LogP contribution in [0.3, 0.4) is 0 Å². The van der Waals surface area contributed by atoms with Gasteiger partial charge in [0.25, 0.3) is 0 Å². The summed E-state index contributed by atoms with van der Waals surface area (Å²) < 4.78 is 0. The van der Waals surface area contributed by atoms with E-state index in [2.05, 4.69) is 20.8 Å². The summed E-state index contributed by atoms with van der Waals surface area (Å²) in [5.41, 5.74) is 0.00125. The molecule has 1 heterocycles. The minimum absolute atomic E-state index is 0.00125. The molecule has 3 heteroatoms. The zero-order valence-electron chi connectivity index (χ0n) is 7.79. The van der Waals surface area contributed by atoms with E-state index in [9.17, 15) is 4.79 Å². The largest absolute Gasteiger partial charge is 0.297 e. The van der Waals surface area contributed by atoms with Crippen molar-refractivity contribution in [3.8, 4) is 6.07 Å². The second-order valence-corrected chi connectivity index (χ2v) is 4.20. The number of hydrogen-bond donors (Lipinski definition) is 0. The molecule has 1 saturated heterocycles. The van der Waals surface area contributed by atoms with Crippen LogP contribution in [0.2, 0.25) is 0 Å². The number of nitriles is 1. The van der Waals surface area contributed by atoms with Gasteiger partial charge in [-0.25, -0.2) is 0 Å². The molecule has 0 amide bonds. The van der Waals surface area contributed by atoms with Crippen molar-refractivity contribution in [3.05, 3.63) is 0 Å². The van der Waals surface area contributed by atoms with Crippen LogP contribution in [-0.2, 0) is 4.79 Å². The molecular formula is C9H14N2O. The highest BCUT2D eigenvalue weighted by molar-refractivity contribution is 5.87. The highest BCUT2D eigenvalue weighted by Crippen LogP contribution is 2.21. The first kappa shape index (κ1) is 9.21. The average molecular weight is 166 g/mol. The SMILES string of the molecule is CC(C)(C)N1CC(=O)C(C#N)C1. The molecule has 0 aliphatic carbocycles. The molecule has 1 aliphatic heterocycles. The van der Waals surface area contributed by atoms with Crippen LogP contribution in [-0.4, -0.2) is 29.3 Å². The van der Waals surface area contributed by atoms with Crippen molar-refractivity contribution in [1.82, 2.24) is 4.90 Å². The van der Waals surface area contributed by atoms with E-state index >= 15 is 0 Å². The molecule has 0 N–H and O–H groups in total. The predicted molar refractivity (Wildman–Crippen MR) is 45.4 cm³/mol. The molecule has 3 nitrogen and oxygen atoms in total. The summed E-state index contributed by atoms with van der Waals surface area (Å²) in [4.78, 5) is 13.2. The molecule has 12 heavy (non-hydrogen) atoms. The number of likely N-dealkylation sites (tertiary alicyclic amines) is 1. The van der Waals surface area contributed by atoms with Gasteiger partial charge in [-0.15, -0.1) is 0 Å². The van der Waals surface area contributed by atoms with Gasteiger partial charge in [0.1, 0.15) is 5.92 Å². The third-order valence-corrected chi connectivity index (χ3v) is 2.24. The van der Waals surface area contributed by atoms with Gasteiger partial charge in [-0.1, -0.05) is 0 Å². The maximum absolute atomic E-state index is 11.2. The van der Waals surface area contributed by atoms with Gasteiger partial charge in [0.05, 0.1) is 12.6 Å². The van der Waals surface area contributed by atoms with Gasteiger partial charge in [0.15, 0.2) is 5.78 Å². The Balaban J connectivity index is 2.68. The topological polar surface area (TPSA) is 44.1 Å². The van der Waals surface area contributed by atoms with Crippen LogP contribution in [0.4, 0.5) is 0 Å². The van der Waals surface area contributed by atoms with E-state index in [1.807, 2.05) is 11.0 Å². The molecule has 1 rings (SSSR count). The van der Waals surface area contributed by atoms with Crippen LogP contribution in [0.1, 0.15) is 20.8 Å². The fourth-order valence-electron chi connectivity index (χ4n) is 1.31. The highest BCUT2D eigenvalue weighted by Gasteiger charge is 2.36. The van der Waals surface area contributed by atoms with Gasteiger partial charge in [-0.2, -0.15) is 5.26 Å². The lowest BCUT2D eigenvalue weighted by Gasteiger charge is -2.30. The van der Waals surface area contributed by atoms with E-state index < -0.39 is 5.92 Å². The van der Waals surface area contributed by atoms with Gasteiger partial charge in [-0.05, 0) is 20.8 Å². The fraction of sp³-hybridized carbons (Fsp3) is 0.778. The normalized spacial score (nSPS) is 25.8. The summed E-state index contributed by atoms with van der Waals surface area (Å²) in [5, 5.41) is 8.62. The van der Waals surface area contributed by atoms with Crippen molar-refractivity contribution in [2.75, 3.05) is 13.1 Å². The lowest BCUT2D eigenvalue weighted by Crippen LogP contribution is -2.39. The summed E-state index contributed by atoms with van der Waals surface area (Å²) in [6, 6.07) is 2.02. The highest BCUT2D eigenvalue weighted by atomic mass is 16.1. The fourth-order valence-corrected chi connectivity index (χ4v) is 1.31. The molecule has 0 aromatic rings. The third-order valence-electron chi connectivity index (χ3n) is 2.24. The van der Waals surface area contributed by atoms with E-state index in [1.165, 1.54) is 0 Å². The molecule has 66 valence electrons. The Morgan fingerprint density at radius 3 is 2.42 bits per heavy atom. The van der Waals surface area contributed by atoms with Crippen molar-refractivity contribution in [2.24, 2.45) is 5.92 Å². The molecule has 0 radical (unpaired) electrons. The second kappa shape index (κ2) is 2.87. The molecule has 0 aromatic heterocycles. The molecule has 1 fully saturated rings. The van der Waals surface area contributed by atoms with E-state index in [0.29, 0.717) is 13.1 Å². The smallest absolute Gasteiger partial charge is 0.165 e. The molecule has 0 aromatic carbocycles. The Labute approximate surface area is 73.0 Å². The summed E-state index contributed by atoms with van der Waals surface area (Å²) in [6.07, 6.45) is 0. The van der Waals surface area contributed by atoms with Crippen molar-refractivity contribution < 1.29 is 4.79 Å². The zero-order chi connectivity index (χ0) is 9.35. The van der Waals surface area contributed by atoms with Crippen molar-refractivity contribution in [1.29, 1.82) is 5.26 Å². The van der Waals surface area contributed by atoms with Gasteiger partial charge >= 0.3 is 0 Å². The van der Waals surface area contributed by atoms with E-state index in [-0.39, 0.29) is 11.3 Å². The molecule has 0 spiro atoms. The standard InChI is InChI=1S/C9H14N2O/c1-9(2,3)11-5-7(4-10)8(12)6-11/h7H,5-6H2,1-3H3. The van der Waals surface area contributed by atoms with E-state index in [1.54, 1.807) is 0 Å². The second-order valence-electron chi connectivity index (χ2n) is 4.20. The summed E-state index contributed by atoms with van der Waals surface area (Å²) in [5.74, 6) is -0.336. The van der Waals surface area contributed by atoms with Crippen LogP contribution >= 0.6 is 0 Å². The Morgan fingerprint density at radius 1 is 1.58 bits per heavy atom. The van der Waals surface area contributed by atoms with Crippen LogP contribution in [0.15, 0.2) is 0 Å². The summed E-state index contributed by atoms with van der Waals surface area (Å²) >= 11 is 0. The van der Waals surface area contributed by atoms with Gasteiger partial charge in [0.2, 0.25) is 0 Å². The number of Topliss-reactive ketones (excluding diaryl/α,β-unsaturated/α-hetero) is 1. The molecular weight excluding hydrogens is 152 g/mol. The molecule has 1 aliphatic rings. The quantitative estimate of drug-likeness (QED) is 0.535. The Hall–Kier alpha value is -0.880. The van der Waals surface area contributed by atoms with Crippen molar-refractivity contribution >= 4 is 5.78 Å². The molecule has 0 bridgehead atoms. The third kappa shape index (κ3) is 1.64. The monoisotopic (exact) mass is 166 g/mol. The van der Waals surface area contributed by atoms with Crippen LogP contribution in [0.5, 0.6) is 0 Å². The first-order chi connectivity index (χ1) is 5.45. The van der Waals surface area contributed by atoms with Gasteiger partial charge in [-0.3, -0.25) is 9.69 Å². The van der Waals surface area contributed by atoms with Crippen LogP contribution < -0.4 is 0 Å². The minimum Gasteiger partial charge on any atom is -0.297 e. The predicted octanol–water partition coefficient (Wildman–Crippen LogP) is 0.809. The Kier molecular flexibility index (Phi) is 2.20. The number of carbonyl (C=O) groups is 1. The van der Waals surface area contributed by atoms with E-state index in [0.717, 1.165) is 0 Å². The Morgan fingerprint density at radius 2 is 2.17 bits per heavy atom. The number of carbonyl (C=O) groups excluding carboxylic acids is 1. The maximum atomic E-state index is 11.2.